The fourth-order valence-electron chi connectivity index (χ4n) is 1.16. The third kappa shape index (κ3) is 2.92. The van der Waals surface area contributed by atoms with Crippen LogP contribution in [0.2, 0.25) is 0 Å². The van der Waals surface area contributed by atoms with Crippen molar-refractivity contribution >= 4 is 0 Å². The molecule has 1 rings (SSSR count). The van der Waals surface area contributed by atoms with E-state index in [1.54, 1.807) is 7.11 Å². The van der Waals surface area contributed by atoms with Gasteiger partial charge in [0.25, 0.3) is 0 Å². The summed E-state index contributed by atoms with van der Waals surface area (Å²) in [6.07, 6.45) is 0. The summed E-state index contributed by atoms with van der Waals surface area (Å²) in [7, 11) is 3.55. The minimum Gasteiger partial charge on any atom is -0.493 e. The molecule has 3 heteroatoms. The second-order valence-electron chi connectivity index (χ2n) is 3.11. The van der Waals surface area contributed by atoms with Gasteiger partial charge in [0.2, 0.25) is 0 Å². The van der Waals surface area contributed by atoms with E-state index in [1.165, 1.54) is 5.56 Å². The molecule has 0 aliphatic rings. The lowest BCUT2D eigenvalue weighted by Gasteiger charge is -2.10. The van der Waals surface area contributed by atoms with Crippen LogP contribution in [0.5, 0.6) is 11.5 Å². The summed E-state index contributed by atoms with van der Waals surface area (Å²) in [4.78, 5) is 0. The molecule has 0 saturated heterocycles. The van der Waals surface area contributed by atoms with Gasteiger partial charge >= 0.3 is 0 Å². The summed E-state index contributed by atoms with van der Waals surface area (Å²) >= 11 is 0. The van der Waals surface area contributed by atoms with Crippen molar-refractivity contribution in [1.29, 1.82) is 0 Å². The molecular formula is C11H17NO2. The van der Waals surface area contributed by atoms with E-state index in [1.807, 2.05) is 32.2 Å². The maximum absolute atomic E-state index is 5.56. The molecule has 14 heavy (non-hydrogen) atoms. The molecule has 0 fully saturated rings. The summed E-state index contributed by atoms with van der Waals surface area (Å²) in [5.74, 6) is 1.59. The van der Waals surface area contributed by atoms with E-state index in [9.17, 15) is 0 Å². The van der Waals surface area contributed by atoms with Crippen molar-refractivity contribution in [1.82, 2.24) is 5.32 Å². The number of methoxy groups -OCH3 is 1. The van der Waals surface area contributed by atoms with E-state index in [2.05, 4.69) is 5.32 Å². The molecule has 0 radical (unpaired) electrons. The van der Waals surface area contributed by atoms with Crippen LogP contribution in [0, 0.1) is 6.92 Å². The van der Waals surface area contributed by atoms with Gasteiger partial charge in [-0.05, 0) is 31.7 Å². The predicted molar refractivity (Wildman–Crippen MR) is 57.2 cm³/mol. The largest absolute Gasteiger partial charge is 0.493 e. The first-order valence-corrected chi connectivity index (χ1v) is 4.70. The van der Waals surface area contributed by atoms with Crippen LogP contribution >= 0.6 is 0 Å². The molecule has 0 heterocycles. The lowest BCUT2D eigenvalue weighted by atomic mass is 10.2. The number of nitrogens with one attached hydrogen (secondary N) is 1. The quantitative estimate of drug-likeness (QED) is 0.724. The second-order valence-corrected chi connectivity index (χ2v) is 3.11. The zero-order valence-corrected chi connectivity index (χ0v) is 8.96. The predicted octanol–water partition coefficient (Wildman–Crippen LogP) is 1.60. The summed E-state index contributed by atoms with van der Waals surface area (Å²) in [6.45, 7) is 3.51. The maximum Gasteiger partial charge on any atom is 0.161 e. The minimum absolute atomic E-state index is 0.649. The average molecular weight is 195 g/mol. The molecule has 0 bridgehead atoms. The highest BCUT2D eigenvalue weighted by Crippen LogP contribution is 2.27. The third-order valence-corrected chi connectivity index (χ3v) is 1.93. The zero-order chi connectivity index (χ0) is 10.4. The van der Waals surface area contributed by atoms with Gasteiger partial charge in [-0.15, -0.1) is 0 Å². The highest BCUT2D eigenvalue weighted by molar-refractivity contribution is 5.42. The van der Waals surface area contributed by atoms with Crippen molar-refractivity contribution in [3.8, 4) is 11.5 Å². The lowest BCUT2D eigenvalue weighted by Crippen LogP contribution is -2.16. The molecule has 1 aromatic rings. The second kappa shape index (κ2) is 5.50. The standard InChI is InChI=1S/C11H17NO2/c1-9-4-5-10(13-3)11(8-9)14-7-6-12-2/h4-5,8,12H,6-7H2,1-3H3. The Morgan fingerprint density at radius 2 is 2.07 bits per heavy atom. The molecule has 78 valence electrons. The van der Waals surface area contributed by atoms with E-state index in [-0.39, 0.29) is 0 Å². The molecular weight excluding hydrogens is 178 g/mol. The number of rotatable bonds is 5. The molecule has 3 nitrogen and oxygen atoms in total. The number of hydrogen-bond donors (Lipinski definition) is 1. The number of benzene rings is 1. The summed E-state index contributed by atoms with van der Waals surface area (Å²) < 4.78 is 10.7. The smallest absolute Gasteiger partial charge is 0.161 e. The van der Waals surface area contributed by atoms with Crippen LogP contribution in [0.3, 0.4) is 0 Å². The SMILES string of the molecule is CNCCOc1cc(C)ccc1OC. The Bertz CT molecular complexity index is 287. The number of hydrogen-bond acceptors (Lipinski definition) is 3. The average Bonchev–Trinajstić information content (AvgIpc) is 2.19. The topological polar surface area (TPSA) is 30.5 Å². The molecule has 1 N–H and O–H groups in total. The molecule has 1 aromatic carbocycles. The van der Waals surface area contributed by atoms with Crippen molar-refractivity contribution in [2.75, 3.05) is 27.3 Å². The van der Waals surface area contributed by atoms with Crippen molar-refractivity contribution in [3.63, 3.8) is 0 Å². The van der Waals surface area contributed by atoms with Gasteiger partial charge < -0.3 is 14.8 Å². The van der Waals surface area contributed by atoms with E-state index < -0.39 is 0 Å². The van der Waals surface area contributed by atoms with Gasteiger partial charge in [0.1, 0.15) is 6.61 Å². The normalized spacial score (nSPS) is 9.93. The van der Waals surface area contributed by atoms with Gasteiger partial charge in [0.05, 0.1) is 7.11 Å². The van der Waals surface area contributed by atoms with Crippen molar-refractivity contribution < 1.29 is 9.47 Å². The summed E-state index contributed by atoms with van der Waals surface area (Å²) in [5.41, 5.74) is 1.17. The molecule has 0 spiro atoms. The highest BCUT2D eigenvalue weighted by Gasteiger charge is 2.03. The molecule has 0 aromatic heterocycles. The molecule has 0 aliphatic carbocycles. The summed E-state index contributed by atoms with van der Waals surface area (Å²) in [6, 6.07) is 5.91. The Balaban J connectivity index is 2.67. The van der Waals surface area contributed by atoms with Crippen LogP contribution in [0.15, 0.2) is 18.2 Å². The van der Waals surface area contributed by atoms with E-state index >= 15 is 0 Å². The van der Waals surface area contributed by atoms with Crippen LogP contribution < -0.4 is 14.8 Å². The highest BCUT2D eigenvalue weighted by atomic mass is 16.5. The van der Waals surface area contributed by atoms with E-state index in [0.29, 0.717) is 6.61 Å². The zero-order valence-electron chi connectivity index (χ0n) is 8.96. The third-order valence-electron chi connectivity index (χ3n) is 1.93. The fraction of sp³-hybridized carbons (Fsp3) is 0.455. The van der Waals surface area contributed by atoms with Crippen molar-refractivity contribution in [2.24, 2.45) is 0 Å². The van der Waals surface area contributed by atoms with E-state index in [4.69, 9.17) is 9.47 Å². The molecule has 0 unspecified atom stereocenters. The van der Waals surface area contributed by atoms with Crippen molar-refractivity contribution in [2.45, 2.75) is 6.92 Å². The van der Waals surface area contributed by atoms with Crippen molar-refractivity contribution in [3.05, 3.63) is 23.8 Å². The van der Waals surface area contributed by atoms with Gasteiger partial charge in [0.15, 0.2) is 11.5 Å². The fourth-order valence-corrected chi connectivity index (χ4v) is 1.16. The van der Waals surface area contributed by atoms with Gasteiger partial charge in [-0.25, -0.2) is 0 Å². The Morgan fingerprint density at radius 3 is 2.71 bits per heavy atom. The maximum atomic E-state index is 5.56. The molecule has 0 amide bonds. The molecule has 0 aliphatic heterocycles. The van der Waals surface area contributed by atoms with Gasteiger partial charge in [-0.3, -0.25) is 0 Å². The van der Waals surface area contributed by atoms with E-state index in [0.717, 1.165) is 18.0 Å². The Labute approximate surface area is 85.0 Å². The number of likely N-dealkylation sites (N-methyl/N-ethyl adjacent to an activating group) is 1. The Hall–Kier alpha value is -1.22. The lowest BCUT2D eigenvalue weighted by molar-refractivity contribution is 0.295. The minimum atomic E-state index is 0.649. The van der Waals surface area contributed by atoms with Crippen LogP contribution in [0.25, 0.3) is 0 Å². The first-order valence-electron chi connectivity index (χ1n) is 4.70. The first kappa shape index (κ1) is 10.9. The Morgan fingerprint density at radius 1 is 1.29 bits per heavy atom. The van der Waals surface area contributed by atoms with Crippen LogP contribution in [0.1, 0.15) is 5.56 Å². The van der Waals surface area contributed by atoms with Gasteiger partial charge in [0, 0.05) is 6.54 Å². The van der Waals surface area contributed by atoms with Crippen LogP contribution in [-0.4, -0.2) is 27.3 Å². The summed E-state index contributed by atoms with van der Waals surface area (Å²) in [5, 5.41) is 3.02. The number of ether oxygens (including phenoxy) is 2. The van der Waals surface area contributed by atoms with Crippen LogP contribution in [0.4, 0.5) is 0 Å². The van der Waals surface area contributed by atoms with Gasteiger partial charge in [-0.2, -0.15) is 0 Å². The van der Waals surface area contributed by atoms with Crippen LogP contribution in [-0.2, 0) is 0 Å². The molecule has 0 atom stereocenters. The monoisotopic (exact) mass is 195 g/mol. The number of aryl methyl sites for hydroxylation is 1. The molecule has 0 saturated carbocycles. The van der Waals surface area contributed by atoms with Gasteiger partial charge in [-0.1, -0.05) is 6.07 Å². The Kier molecular flexibility index (Phi) is 4.26. The first-order chi connectivity index (χ1) is 6.77.